The Morgan fingerprint density at radius 3 is 2.74 bits per heavy atom. The van der Waals surface area contributed by atoms with E-state index < -0.39 is 29.7 Å². The Morgan fingerprint density at radius 2 is 2.04 bits per heavy atom. The number of hydrogen-bond acceptors (Lipinski definition) is 7. The number of amides is 2. The van der Waals surface area contributed by atoms with Gasteiger partial charge in [0, 0.05) is 0 Å². The monoisotopic (exact) mass is 317 g/mol. The van der Waals surface area contributed by atoms with Crippen LogP contribution in [0.2, 0.25) is 0 Å². The quantitative estimate of drug-likeness (QED) is 0.624. The number of nitrogens with zero attached hydrogens (tertiary/aromatic N) is 2. The summed E-state index contributed by atoms with van der Waals surface area (Å²) in [4.78, 5) is 38.2. The maximum atomic E-state index is 12.7. The van der Waals surface area contributed by atoms with E-state index in [9.17, 15) is 14.4 Å². The first-order valence-electron chi connectivity index (χ1n) is 7.11. The average molecular weight is 317 g/mol. The zero-order valence-corrected chi connectivity index (χ0v) is 12.6. The topological polar surface area (TPSA) is 97.3 Å². The summed E-state index contributed by atoms with van der Waals surface area (Å²) in [6.07, 6.45) is 0. The van der Waals surface area contributed by atoms with Crippen LogP contribution in [0.5, 0.6) is 5.75 Å². The molecule has 2 aliphatic rings. The van der Waals surface area contributed by atoms with Gasteiger partial charge in [0.2, 0.25) is 5.91 Å². The van der Waals surface area contributed by atoms with Gasteiger partial charge in [-0.25, -0.2) is 9.69 Å². The first-order chi connectivity index (χ1) is 11.1. The van der Waals surface area contributed by atoms with Gasteiger partial charge in [-0.1, -0.05) is 12.1 Å². The Balaban J connectivity index is 1.96. The van der Waals surface area contributed by atoms with E-state index in [2.05, 4.69) is 10.5 Å². The Hall–Kier alpha value is -2.90. The zero-order valence-electron chi connectivity index (χ0n) is 12.6. The van der Waals surface area contributed by atoms with Crippen molar-refractivity contribution < 1.29 is 23.9 Å². The molecule has 1 saturated heterocycles. The van der Waals surface area contributed by atoms with E-state index in [4.69, 9.17) is 9.47 Å². The second kappa shape index (κ2) is 5.71. The van der Waals surface area contributed by atoms with Crippen LogP contribution in [0.15, 0.2) is 29.4 Å². The lowest BCUT2D eigenvalue weighted by Gasteiger charge is -2.18. The number of rotatable bonds is 4. The standard InChI is InChI=1S/C15H15N3O5/c1-3-23-15(21)12-10-11(16-17-12)14(20)18(13(10)19)8-6-4-5-7-9(8)22-2/h4-7,10-11,16H,3H2,1-2H3/t10-,11-/m1/s1. The smallest absolute Gasteiger partial charge is 0.355 e. The van der Waals surface area contributed by atoms with E-state index in [1.54, 1.807) is 31.2 Å². The molecule has 0 radical (unpaired) electrons. The van der Waals surface area contributed by atoms with Crippen LogP contribution in [0, 0.1) is 5.92 Å². The molecule has 1 aromatic rings. The van der Waals surface area contributed by atoms with Crippen LogP contribution in [0.1, 0.15) is 6.92 Å². The van der Waals surface area contributed by atoms with Gasteiger partial charge >= 0.3 is 5.97 Å². The van der Waals surface area contributed by atoms with Gasteiger partial charge < -0.3 is 9.47 Å². The van der Waals surface area contributed by atoms with Gasteiger partial charge in [-0.3, -0.25) is 15.0 Å². The molecule has 2 heterocycles. The van der Waals surface area contributed by atoms with Gasteiger partial charge in [0.05, 0.1) is 19.4 Å². The van der Waals surface area contributed by atoms with Crippen molar-refractivity contribution in [3.05, 3.63) is 24.3 Å². The summed E-state index contributed by atoms with van der Waals surface area (Å²) in [5.74, 6) is -2.29. The highest BCUT2D eigenvalue weighted by atomic mass is 16.5. The van der Waals surface area contributed by atoms with Crippen LogP contribution >= 0.6 is 0 Å². The molecule has 0 aromatic heterocycles. The highest BCUT2D eigenvalue weighted by Gasteiger charge is 2.56. The molecule has 3 rings (SSSR count). The number of benzene rings is 1. The van der Waals surface area contributed by atoms with Crippen LogP contribution in [-0.2, 0) is 19.1 Å². The average Bonchev–Trinajstić information content (AvgIpc) is 3.09. The molecule has 2 amide bonds. The first kappa shape index (κ1) is 15.0. The van der Waals surface area contributed by atoms with Gasteiger partial charge in [-0.15, -0.1) is 0 Å². The summed E-state index contributed by atoms with van der Waals surface area (Å²) in [5.41, 5.74) is 2.82. The summed E-state index contributed by atoms with van der Waals surface area (Å²) >= 11 is 0. The molecule has 2 atom stereocenters. The summed E-state index contributed by atoms with van der Waals surface area (Å²) in [6.45, 7) is 1.81. The van der Waals surface area contributed by atoms with E-state index >= 15 is 0 Å². The molecule has 0 unspecified atom stereocenters. The van der Waals surface area contributed by atoms with Gasteiger partial charge in [-0.05, 0) is 19.1 Å². The number of anilines is 1. The summed E-state index contributed by atoms with van der Waals surface area (Å²) in [5, 5.41) is 3.80. The second-order valence-corrected chi connectivity index (χ2v) is 4.99. The maximum absolute atomic E-state index is 12.7. The fourth-order valence-corrected chi connectivity index (χ4v) is 2.71. The van der Waals surface area contributed by atoms with E-state index in [1.165, 1.54) is 7.11 Å². The molecule has 23 heavy (non-hydrogen) atoms. The minimum absolute atomic E-state index is 0.0763. The number of carbonyl (C=O) groups excluding carboxylic acids is 3. The van der Waals surface area contributed by atoms with Crippen LogP contribution in [0.4, 0.5) is 5.69 Å². The predicted octanol–water partition coefficient (Wildman–Crippen LogP) is 0.0755. The number of hydrogen-bond donors (Lipinski definition) is 1. The number of fused-ring (bicyclic) bond motifs is 1. The fourth-order valence-electron chi connectivity index (χ4n) is 2.71. The van der Waals surface area contributed by atoms with Crippen LogP contribution in [0.25, 0.3) is 0 Å². The molecule has 1 N–H and O–H groups in total. The number of methoxy groups -OCH3 is 1. The van der Waals surface area contributed by atoms with Crippen molar-refractivity contribution in [1.29, 1.82) is 0 Å². The largest absolute Gasteiger partial charge is 0.495 e. The molecule has 1 fully saturated rings. The number of nitrogens with one attached hydrogen (secondary N) is 1. The van der Waals surface area contributed by atoms with Crippen LogP contribution < -0.4 is 15.1 Å². The van der Waals surface area contributed by atoms with Crippen molar-refractivity contribution in [2.75, 3.05) is 18.6 Å². The fraction of sp³-hybridized carbons (Fsp3) is 0.333. The number of para-hydroxylation sites is 2. The zero-order chi connectivity index (χ0) is 16.6. The molecule has 1 aromatic carbocycles. The Morgan fingerprint density at radius 1 is 1.30 bits per heavy atom. The molecule has 2 aliphatic heterocycles. The van der Waals surface area contributed by atoms with Crippen LogP contribution in [-0.4, -0.2) is 43.3 Å². The normalized spacial score (nSPS) is 22.5. The molecule has 0 spiro atoms. The highest BCUT2D eigenvalue weighted by molar-refractivity contribution is 6.46. The molecule has 120 valence electrons. The molecule has 0 bridgehead atoms. The third-order valence-electron chi connectivity index (χ3n) is 3.74. The Bertz CT molecular complexity index is 715. The summed E-state index contributed by atoms with van der Waals surface area (Å²) in [6, 6.07) is 5.79. The SMILES string of the molecule is CCOC(=O)C1=NN[C@H]2C(=O)N(c3ccccc3OC)C(=O)[C@@H]12. The third kappa shape index (κ3) is 2.23. The number of ether oxygens (including phenoxy) is 2. The van der Waals surface area contributed by atoms with Gasteiger partial charge in [-0.2, -0.15) is 5.10 Å². The van der Waals surface area contributed by atoms with Crippen molar-refractivity contribution >= 4 is 29.2 Å². The van der Waals surface area contributed by atoms with E-state index in [-0.39, 0.29) is 12.3 Å². The minimum Gasteiger partial charge on any atom is -0.495 e. The Kier molecular flexibility index (Phi) is 3.73. The molecule has 0 aliphatic carbocycles. The molecule has 0 saturated carbocycles. The van der Waals surface area contributed by atoms with Crippen molar-refractivity contribution in [1.82, 2.24) is 5.43 Å². The lowest BCUT2D eigenvalue weighted by atomic mass is 9.99. The maximum Gasteiger partial charge on any atom is 0.355 e. The van der Waals surface area contributed by atoms with Gasteiger partial charge in [0.15, 0.2) is 5.71 Å². The van der Waals surface area contributed by atoms with Crippen molar-refractivity contribution in [3.8, 4) is 5.75 Å². The van der Waals surface area contributed by atoms with Crippen molar-refractivity contribution in [3.63, 3.8) is 0 Å². The summed E-state index contributed by atoms with van der Waals surface area (Å²) in [7, 11) is 1.45. The van der Waals surface area contributed by atoms with Crippen molar-refractivity contribution in [2.45, 2.75) is 13.0 Å². The molecular formula is C15H15N3O5. The van der Waals surface area contributed by atoms with Crippen LogP contribution in [0.3, 0.4) is 0 Å². The third-order valence-corrected chi connectivity index (χ3v) is 3.74. The van der Waals surface area contributed by atoms with E-state index in [0.29, 0.717) is 11.4 Å². The van der Waals surface area contributed by atoms with Gasteiger partial charge in [0.25, 0.3) is 5.91 Å². The molecular weight excluding hydrogens is 302 g/mol. The van der Waals surface area contributed by atoms with Crippen molar-refractivity contribution in [2.24, 2.45) is 11.0 Å². The molecule has 8 heteroatoms. The lowest BCUT2D eigenvalue weighted by Crippen LogP contribution is -2.36. The van der Waals surface area contributed by atoms with E-state index in [0.717, 1.165) is 4.90 Å². The highest BCUT2D eigenvalue weighted by Crippen LogP contribution is 2.35. The minimum atomic E-state index is -0.980. The molecule has 8 nitrogen and oxygen atoms in total. The number of carbonyl (C=O) groups is 3. The Labute approximate surface area is 132 Å². The predicted molar refractivity (Wildman–Crippen MR) is 80.0 cm³/mol. The lowest BCUT2D eigenvalue weighted by molar-refractivity contribution is -0.136. The van der Waals surface area contributed by atoms with E-state index in [1.807, 2.05) is 0 Å². The number of esters is 1. The number of imide groups is 1. The summed E-state index contributed by atoms with van der Waals surface area (Å²) < 4.78 is 10.1. The second-order valence-electron chi connectivity index (χ2n) is 4.99. The van der Waals surface area contributed by atoms with Gasteiger partial charge in [0.1, 0.15) is 17.7 Å². The number of hydrazone groups is 1. The first-order valence-corrected chi connectivity index (χ1v) is 7.11.